The Balaban J connectivity index is 2.73. The van der Waals surface area contributed by atoms with Gasteiger partial charge >= 0.3 is 0 Å². The van der Waals surface area contributed by atoms with E-state index in [4.69, 9.17) is 0 Å². The average molecular weight is 219 g/mol. The molecule has 0 aliphatic carbocycles. The van der Waals surface area contributed by atoms with Crippen LogP contribution in [-0.2, 0) is 0 Å². The first-order valence-electron chi connectivity index (χ1n) is 4.58. The molecule has 0 atom stereocenters. The second-order valence-electron chi connectivity index (χ2n) is 3.16. The van der Waals surface area contributed by atoms with Crippen molar-refractivity contribution in [1.29, 1.82) is 0 Å². The molecule has 0 amide bonds. The zero-order valence-electron chi connectivity index (χ0n) is 8.15. The summed E-state index contributed by atoms with van der Waals surface area (Å²) in [7, 11) is 0. The Morgan fingerprint density at radius 2 is 1.88 bits per heavy atom. The lowest BCUT2D eigenvalue weighted by Crippen LogP contribution is -1.96. The number of hydrogen-bond donors (Lipinski definition) is 0. The highest BCUT2D eigenvalue weighted by atomic mass is 19.1. The molecule has 16 heavy (non-hydrogen) atoms. The first-order chi connectivity index (χ1) is 7.74. The van der Waals surface area contributed by atoms with E-state index in [-0.39, 0.29) is 16.7 Å². The van der Waals surface area contributed by atoms with Gasteiger partial charge in [0.2, 0.25) is 5.95 Å². The molecule has 0 saturated carbocycles. The van der Waals surface area contributed by atoms with Crippen molar-refractivity contribution in [3.8, 4) is 11.1 Å². The van der Waals surface area contributed by atoms with Gasteiger partial charge in [-0.1, -0.05) is 18.2 Å². The molecule has 1 aromatic carbocycles. The predicted octanol–water partition coefficient (Wildman–Crippen LogP) is 2.84. The number of carbonyl (C=O) groups excluding carboxylic acids is 1. The SMILES string of the molecule is O=Cc1ccnc(F)c1-c1ccccc1F. The summed E-state index contributed by atoms with van der Waals surface area (Å²) < 4.78 is 26.9. The Labute approximate surface area is 90.6 Å². The number of nitrogens with zero attached hydrogens (tertiary/aromatic N) is 1. The van der Waals surface area contributed by atoms with Crippen LogP contribution in [0.4, 0.5) is 8.78 Å². The zero-order valence-corrected chi connectivity index (χ0v) is 8.15. The molecule has 0 aliphatic heterocycles. The third-order valence-electron chi connectivity index (χ3n) is 2.21. The molecular weight excluding hydrogens is 212 g/mol. The second-order valence-corrected chi connectivity index (χ2v) is 3.16. The van der Waals surface area contributed by atoms with Crippen molar-refractivity contribution in [2.45, 2.75) is 0 Å². The van der Waals surface area contributed by atoms with Gasteiger partial charge in [0.25, 0.3) is 0 Å². The zero-order chi connectivity index (χ0) is 11.5. The van der Waals surface area contributed by atoms with Crippen LogP contribution in [0.2, 0.25) is 0 Å². The van der Waals surface area contributed by atoms with Crippen molar-refractivity contribution < 1.29 is 13.6 Å². The summed E-state index contributed by atoms with van der Waals surface area (Å²) in [6, 6.07) is 7.02. The summed E-state index contributed by atoms with van der Waals surface area (Å²) in [5.41, 5.74) is 0.0170. The summed E-state index contributed by atoms with van der Waals surface area (Å²) in [6.45, 7) is 0. The molecule has 1 heterocycles. The third kappa shape index (κ3) is 1.69. The van der Waals surface area contributed by atoms with Crippen molar-refractivity contribution in [2.24, 2.45) is 0 Å². The predicted molar refractivity (Wildman–Crippen MR) is 55.0 cm³/mol. The van der Waals surface area contributed by atoms with Crippen LogP contribution in [0.1, 0.15) is 10.4 Å². The van der Waals surface area contributed by atoms with E-state index in [0.717, 1.165) is 0 Å². The van der Waals surface area contributed by atoms with Crippen LogP contribution in [0.25, 0.3) is 11.1 Å². The highest BCUT2D eigenvalue weighted by Gasteiger charge is 2.14. The maximum Gasteiger partial charge on any atom is 0.221 e. The molecule has 4 heteroatoms. The van der Waals surface area contributed by atoms with Crippen LogP contribution < -0.4 is 0 Å². The van der Waals surface area contributed by atoms with Crippen molar-refractivity contribution >= 4 is 6.29 Å². The number of carbonyl (C=O) groups is 1. The van der Waals surface area contributed by atoms with E-state index in [1.807, 2.05) is 0 Å². The standard InChI is InChI=1S/C12H7F2NO/c13-10-4-2-1-3-9(10)11-8(7-16)5-6-15-12(11)14/h1-7H. The summed E-state index contributed by atoms with van der Waals surface area (Å²) in [5, 5.41) is 0. The Morgan fingerprint density at radius 1 is 1.12 bits per heavy atom. The fraction of sp³-hybridized carbons (Fsp3) is 0. The Bertz CT molecular complexity index is 540. The number of aldehydes is 1. The van der Waals surface area contributed by atoms with E-state index in [1.54, 1.807) is 6.07 Å². The molecule has 0 N–H and O–H groups in total. The van der Waals surface area contributed by atoms with E-state index in [2.05, 4.69) is 4.98 Å². The number of pyridine rings is 1. The van der Waals surface area contributed by atoms with E-state index in [9.17, 15) is 13.6 Å². The number of benzene rings is 1. The van der Waals surface area contributed by atoms with Gasteiger partial charge in [-0.25, -0.2) is 9.37 Å². The number of halogens is 2. The minimum Gasteiger partial charge on any atom is -0.298 e. The van der Waals surface area contributed by atoms with Crippen LogP contribution in [0.15, 0.2) is 36.5 Å². The smallest absolute Gasteiger partial charge is 0.221 e. The Hall–Kier alpha value is -2.10. The lowest BCUT2D eigenvalue weighted by Gasteiger charge is -2.06. The molecule has 0 radical (unpaired) electrons. The van der Waals surface area contributed by atoms with Gasteiger partial charge in [-0.05, 0) is 12.1 Å². The first kappa shape index (κ1) is 10.4. The van der Waals surface area contributed by atoms with Gasteiger partial charge < -0.3 is 0 Å². The third-order valence-corrected chi connectivity index (χ3v) is 2.21. The lowest BCUT2D eigenvalue weighted by molar-refractivity contribution is 0.112. The minimum atomic E-state index is -0.852. The topological polar surface area (TPSA) is 30.0 Å². The van der Waals surface area contributed by atoms with Crippen molar-refractivity contribution in [1.82, 2.24) is 4.98 Å². The highest BCUT2D eigenvalue weighted by molar-refractivity contribution is 5.87. The molecular formula is C12H7F2NO. The largest absolute Gasteiger partial charge is 0.298 e. The molecule has 1 aromatic heterocycles. The van der Waals surface area contributed by atoms with Crippen LogP contribution in [0.5, 0.6) is 0 Å². The van der Waals surface area contributed by atoms with Crippen LogP contribution in [-0.4, -0.2) is 11.3 Å². The van der Waals surface area contributed by atoms with E-state index >= 15 is 0 Å². The molecule has 0 bridgehead atoms. The maximum absolute atomic E-state index is 13.5. The Morgan fingerprint density at radius 3 is 2.56 bits per heavy atom. The average Bonchev–Trinajstić information content (AvgIpc) is 2.30. The van der Waals surface area contributed by atoms with Gasteiger partial charge in [0.1, 0.15) is 5.82 Å². The summed E-state index contributed by atoms with van der Waals surface area (Å²) >= 11 is 0. The van der Waals surface area contributed by atoms with E-state index in [0.29, 0.717) is 6.29 Å². The van der Waals surface area contributed by atoms with Crippen molar-refractivity contribution in [3.63, 3.8) is 0 Å². The van der Waals surface area contributed by atoms with Gasteiger partial charge in [-0.15, -0.1) is 0 Å². The highest BCUT2D eigenvalue weighted by Crippen LogP contribution is 2.26. The molecule has 2 nitrogen and oxygen atoms in total. The van der Waals surface area contributed by atoms with Gasteiger partial charge in [0.15, 0.2) is 6.29 Å². The van der Waals surface area contributed by atoms with Gasteiger partial charge in [0, 0.05) is 17.3 Å². The Kier molecular flexibility index (Phi) is 2.72. The molecule has 0 spiro atoms. The van der Waals surface area contributed by atoms with E-state index in [1.165, 1.54) is 30.5 Å². The van der Waals surface area contributed by atoms with Crippen molar-refractivity contribution in [2.75, 3.05) is 0 Å². The maximum atomic E-state index is 13.5. The summed E-state index contributed by atoms with van der Waals surface area (Å²) in [4.78, 5) is 14.2. The van der Waals surface area contributed by atoms with Crippen molar-refractivity contribution in [3.05, 3.63) is 53.9 Å². The number of aromatic nitrogens is 1. The molecule has 0 saturated heterocycles. The van der Waals surface area contributed by atoms with Gasteiger partial charge in [0.05, 0.1) is 5.56 Å². The fourth-order valence-electron chi connectivity index (χ4n) is 1.48. The molecule has 0 aliphatic rings. The van der Waals surface area contributed by atoms with Crippen LogP contribution >= 0.6 is 0 Å². The van der Waals surface area contributed by atoms with E-state index < -0.39 is 11.8 Å². The van der Waals surface area contributed by atoms with Crippen LogP contribution in [0.3, 0.4) is 0 Å². The molecule has 2 aromatic rings. The molecule has 2 rings (SSSR count). The normalized spacial score (nSPS) is 10.1. The second kappa shape index (κ2) is 4.18. The molecule has 0 unspecified atom stereocenters. The number of hydrogen-bond acceptors (Lipinski definition) is 2. The molecule has 80 valence electrons. The number of rotatable bonds is 2. The lowest BCUT2D eigenvalue weighted by atomic mass is 10.0. The van der Waals surface area contributed by atoms with Crippen LogP contribution in [0, 0.1) is 11.8 Å². The molecule has 0 fully saturated rings. The van der Waals surface area contributed by atoms with Gasteiger partial charge in [-0.3, -0.25) is 4.79 Å². The summed E-state index contributed by atoms with van der Waals surface area (Å²) in [6.07, 6.45) is 1.65. The monoisotopic (exact) mass is 219 g/mol. The minimum absolute atomic E-state index is 0.0372. The quantitative estimate of drug-likeness (QED) is 0.574. The first-order valence-corrected chi connectivity index (χ1v) is 4.58. The fourth-order valence-corrected chi connectivity index (χ4v) is 1.48. The van der Waals surface area contributed by atoms with Gasteiger partial charge in [-0.2, -0.15) is 4.39 Å². The summed E-state index contributed by atoms with van der Waals surface area (Å²) in [5.74, 6) is -1.44.